The predicted molar refractivity (Wildman–Crippen MR) is 136 cm³/mol. The third kappa shape index (κ3) is 8.55. The van der Waals surface area contributed by atoms with E-state index in [1.807, 2.05) is 68.5 Å². The Balaban J connectivity index is 1.70. The van der Waals surface area contributed by atoms with Gasteiger partial charge in [0.25, 0.3) is 0 Å². The molecule has 0 spiro atoms. The number of esters is 1. The van der Waals surface area contributed by atoms with E-state index in [4.69, 9.17) is 16.3 Å². The fraction of sp³-hybridized carbons (Fsp3) is 0.393. The van der Waals surface area contributed by atoms with Crippen molar-refractivity contribution in [3.05, 3.63) is 82.9 Å². The van der Waals surface area contributed by atoms with Crippen molar-refractivity contribution in [1.82, 2.24) is 10.6 Å². The van der Waals surface area contributed by atoms with Crippen LogP contribution in [0.25, 0.3) is 0 Å². The Bertz CT molecular complexity index is 1020. The summed E-state index contributed by atoms with van der Waals surface area (Å²) in [6.07, 6.45) is 4.14. The van der Waals surface area contributed by atoms with Gasteiger partial charge in [0.1, 0.15) is 6.10 Å². The molecule has 0 saturated heterocycles. The van der Waals surface area contributed by atoms with E-state index in [0.717, 1.165) is 11.1 Å². The number of amides is 2. The Morgan fingerprint density at radius 2 is 1.80 bits per heavy atom. The minimum Gasteiger partial charge on any atom is -0.456 e. The van der Waals surface area contributed by atoms with E-state index in [0.29, 0.717) is 24.4 Å². The molecule has 0 saturated carbocycles. The van der Waals surface area contributed by atoms with E-state index in [-0.39, 0.29) is 42.6 Å². The highest BCUT2D eigenvalue weighted by Gasteiger charge is 2.25. The van der Waals surface area contributed by atoms with E-state index in [9.17, 15) is 14.4 Å². The number of halogens is 1. The van der Waals surface area contributed by atoms with Crippen molar-refractivity contribution in [2.75, 3.05) is 6.54 Å². The maximum atomic E-state index is 13.1. The standard InChI is InChI=1S/C28H33ClN2O4/c1-19-7-6-10-23(16-26(32)30-17-21-11-13-24(29)14-12-21)28(34)31-18-25(22-8-4-3-5-9-22)35-27(33)15-20(19)2/h3-9,11-14,19-20,23,25H,10,15-18H2,1-2H3,(H,30,32)(H,31,34)/b7-6+/t19?,20?,23-,25+/m0/s1. The average molecular weight is 497 g/mol. The van der Waals surface area contributed by atoms with Crippen molar-refractivity contribution in [1.29, 1.82) is 0 Å². The van der Waals surface area contributed by atoms with Gasteiger partial charge in [-0.1, -0.05) is 80.1 Å². The second-order valence-corrected chi connectivity index (χ2v) is 9.58. The molecule has 3 rings (SSSR count). The summed E-state index contributed by atoms with van der Waals surface area (Å²) in [6, 6.07) is 16.6. The monoisotopic (exact) mass is 496 g/mol. The summed E-state index contributed by atoms with van der Waals surface area (Å²) in [5.74, 6) is -1.06. The zero-order valence-electron chi connectivity index (χ0n) is 20.2. The highest BCUT2D eigenvalue weighted by atomic mass is 35.5. The Morgan fingerprint density at radius 3 is 2.51 bits per heavy atom. The van der Waals surface area contributed by atoms with Crippen molar-refractivity contribution in [3.63, 3.8) is 0 Å². The fourth-order valence-electron chi connectivity index (χ4n) is 3.92. The van der Waals surface area contributed by atoms with Crippen LogP contribution in [-0.4, -0.2) is 24.3 Å². The summed E-state index contributed by atoms with van der Waals surface area (Å²) in [7, 11) is 0. The Morgan fingerprint density at radius 1 is 1.09 bits per heavy atom. The first-order valence-corrected chi connectivity index (χ1v) is 12.4. The maximum Gasteiger partial charge on any atom is 0.306 e. The minimum atomic E-state index is -0.594. The second-order valence-electron chi connectivity index (χ2n) is 9.14. The van der Waals surface area contributed by atoms with Crippen LogP contribution in [0.5, 0.6) is 0 Å². The molecule has 2 amide bonds. The molecule has 35 heavy (non-hydrogen) atoms. The molecule has 0 aromatic heterocycles. The molecule has 2 unspecified atom stereocenters. The molecule has 0 aliphatic carbocycles. The average Bonchev–Trinajstić information content (AvgIpc) is 2.85. The van der Waals surface area contributed by atoms with Crippen LogP contribution in [0.1, 0.15) is 50.3 Å². The van der Waals surface area contributed by atoms with E-state index in [1.54, 1.807) is 12.1 Å². The highest BCUT2D eigenvalue weighted by molar-refractivity contribution is 6.30. The van der Waals surface area contributed by atoms with Crippen molar-refractivity contribution in [2.45, 2.75) is 45.8 Å². The largest absolute Gasteiger partial charge is 0.456 e. The summed E-state index contributed by atoms with van der Waals surface area (Å²) in [5, 5.41) is 6.42. The van der Waals surface area contributed by atoms with E-state index >= 15 is 0 Å². The van der Waals surface area contributed by atoms with Crippen molar-refractivity contribution < 1.29 is 19.1 Å². The van der Waals surface area contributed by atoms with Gasteiger partial charge in [0.15, 0.2) is 0 Å². The zero-order valence-corrected chi connectivity index (χ0v) is 21.0. The number of allylic oxidation sites excluding steroid dienone is 2. The van der Waals surface area contributed by atoms with E-state index in [2.05, 4.69) is 10.6 Å². The molecule has 0 bridgehead atoms. The van der Waals surface area contributed by atoms with Crippen LogP contribution >= 0.6 is 11.6 Å². The number of hydrogen-bond acceptors (Lipinski definition) is 4. The molecule has 1 aliphatic rings. The van der Waals surface area contributed by atoms with Crippen LogP contribution in [0.2, 0.25) is 5.02 Å². The minimum absolute atomic E-state index is 0.0590. The number of nitrogens with one attached hydrogen (secondary N) is 2. The van der Waals surface area contributed by atoms with Gasteiger partial charge in [-0.3, -0.25) is 14.4 Å². The van der Waals surface area contributed by atoms with Gasteiger partial charge in [0, 0.05) is 24.4 Å². The van der Waals surface area contributed by atoms with Crippen LogP contribution in [0, 0.1) is 17.8 Å². The highest BCUT2D eigenvalue weighted by Crippen LogP contribution is 2.23. The number of hydrogen-bond donors (Lipinski definition) is 2. The van der Waals surface area contributed by atoms with Crippen LogP contribution < -0.4 is 10.6 Å². The lowest BCUT2D eigenvalue weighted by atomic mass is 9.91. The molecule has 1 heterocycles. The lowest BCUT2D eigenvalue weighted by molar-refractivity contribution is -0.151. The number of cyclic esters (lactones) is 1. The van der Waals surface area contributed by atoms with Gasteiger partial charge in [0.2, 0.25) is 11.8 Å². The van der Waals surface area contributed by atoms with Crippen LogP contribution in [-0.2, 0) is 25.7 Å². The van der Waals surface area contributed by atoms with Gasteiger partial charge >= 0.3 is 5.97 Å². The van der Waals surface area contributed by atoms with Crippen molar-refractivity contribution in [2.24, 2.45) is 17.8 Å². The molecular formula is C28H33ClN2O4. The first-order chi connectivity index (χ1) is 16.8. The molecule has 4 atom stereocenters. The van der Waals surface area contributed by atoms with E-state index in [1.165, 1.54) is 0 Å². The molecule has 0 fully saturated rings. The lowest BCUT2D eigenvalue weighted by Crippen LogP contribution is -2.37. The molecule has 1 aliphatic heterocycles. The maximum absolute atomic E-state index is 13.1. The van der Waals surface area contributed by atoms with Gasteiger partial charge in [-0.15, -0.1) is 0 Å². The third-order valence-corrected chi connectivity index (χ3v) is 6.61. The zero-order chi connectivity index (χ0) is 25.2. The van der Waals surface area contributed by atoms with Crippen molar-refractivity contribution in [3.8, 4) is 0 Å². The van der Waals surface area contributed by atoms with Gasteiger partial charge < -0.3 is 15.4 Å². The van der Waals surface area contributed by atoms with Gasteiger partial charge in [-0.25, -0.2) is 0 Å². The Kier molecular flexibility index (Phi) is 9.91. The molecule has 186 valence electrons. The summed E-state index contributed by atoms with van der Waals surface area (Å²) >= 11 is 5.92. The van der Waals surface area contributed by atoms with Crippen LogP contribution in [0.3, 0.4) is 0 Å². The summed E-state index contributed by atoms with van der Waals surface area (Å²) < 4.78 is 5.76. The number of rotatable bonds is 5. The number of ether oxygens (including phenoxy) is 1. The molecule has 2 N–H and O–H groups in total. The van der Waals surface area contributed by atoms with Gasteiger partial charge in [-0.2, -0.15) is 0 Å². The van der Waals surface area contributed by atoms with E-state index < -0.39 is 12.0 Å². The third-order valence-electron chi connectivity index (χ3n) is 6.36. The topological polar surface area (TPSA) is 84.5 Å². The SMILES string of the molecule is CC1/C=C/C[C@@H](CC(=O)NCc2ccc(Cl)cc2)C(=O)NC[C@H](c2ccccc2)OC(=O)CC1C. The fourth-order valence-corrected chi connectivity index (χ4v) is 4.04. The number of benzene rings is 2. The Hall–Kier alpha value is -3.12. The molecule has 2 aromatic carbocycles. The molecule has 0 radical (unpaired) electrons. The lowest BCUT2D eigenvalue weighted by Gasteiger charge is -2.22. The first-order valence-electron chi connectivity index (χ1n) is 12.0. The smallest absolute Gasteiger partial charge is 0.306 e. The quantitative estimate of drug-likeness (QED) is 0.451. The van der Waals surface area contributed by atoms with Crippen LogP contribution in [0.15, 0.2) is 66.7 Å². The summed E-state index contributed by atoms with van der Waals surface area (Å²) in [4.78, 5) is 38.4. The Labute approximate surface area is 212 Å². The summed E-state index contributed by atoms with van der Waals surface area (Å²) in [6.45, 7) is 4.56. The normalized spacial score (nSPS) is 24.7. The molecule has 2 aromatic rings. The van der Waals surface area contributed by atoms with Crippen molar-refractivity contribution >= 4 is 29.4 Å². The number of carbonyl (C=O) groups excluding carboxylic acids is 3. The predicted octanol–water partition coefficient (Wildman–Crippen LogP) is 4.99. The van der Waals surface area contributed by atoms with Gasteiger partial charge in [-0.05, 0) is 41.5 Å². The van der Waals surface area contributed by atoms with Crippen LogP contribution in [0.4, 0.5) is 0 Å². The first kappa shape index (κ1) is 26.5. The van der Waals surface area contributed by atoms with Gasteiger partial charge in [0.05, 0.1) is 12.5 Å². The summed E-state index contributed by atoms with van der Waals surface area (Å²) in [5.41, 5.74) is 1.74. The number of carbonyl (C=O) groups is 3. The molecule has 6 nitrogen and oxygen atoms in total. The molecular weight excluding hydrogens is 464 g/mol. The molecule has 7 heteroatoms. The second kappa shape index (κ2) is 13.1.